The zero-order valence-corrected chi connectivity index (χ0v) is 19.7. The number of rotatable bonds is 8. The summed E-state index contributed by atoms with van der Waals surface area (Å²) in [5.41, 5.74) is 0.515. The summed E-state index contributed by atoms with van der Waals surface area (Å²) in [6.07, 6.45) is 11.3. The van der Waals surface area contributed by atoms with Crippen molar-refractivity contribution in [2.45, 2.75) is 95.7 Å². The molecule has 2 aromatic rings. The van der Waals surface area contributed by atoms with Gasteiger partial charge >= 0.3 is 5.97 Å². The van der Waals surface area contributed by atoms with Gasteiger partial charge in [0.15, 0.2) is 0 Å². The van der Waals surface area contributed by atoms with Crippen LogP contribution in [0, 0.1) is 5.82 Å². The Morgan fingerprint density at radius 3 is 2.47 bits per heavy atom. The van der Waals surface area contributed by atoms with Crippen LogP contribution in [0.1, 0.15) is 94.0 Å². The van der Waals surface area contributed by atoms with E-state index in [-0.39, 0.29) is 35.9 Å². The van der Waals surface area contributed by atoms with Crippen molar-refractivity contribution in [2.75, 3.05) is 5.32 Å². The summed E-state index contributed by atoms with van der Waals surface area (Å²) in [6.45, 7) is 1.71. The molecular formula is C26H34FN3O4. The van der Waals surface area contributed by atoms with Crippen molar-refractivity contribution in [3.63, 3.8) is 0 Å². The molecule has 4 rings (SSSR count). The van der Waals surface area contributed by atoms with Crippen LogP contribution in [-0.4, -0.2) is 33.6 Å². The molecule has 2 aliphatic carbocycles. The Labute approximate surface area is 198 Å². The smallest absolute Gasteiger partial charge is 0.303 e. The SMILES string of the molecule is C[C@@H](CCC(=O)O)NC(=O)c1cn(C2CCCC2)c2cc(NC3CCCCC3)c(F)cc2c1=O. The number of amides is 1. The molecule has 1 amide bonds. The first-order valence-electron chi connectivity index (χ1n) is 12.5. The molecule has 1 heterocycles. The number of benzene rings is 1. The van der Waals surface area contributed by atoms with Crippen LogP contribution in [0.4, 0.5) is 10.1 Å². The molecular weight excluding hydrogens is 437 g/mol. The van der Waals surface area contributed by atoms with E-state index < -0.39 is 29.2 Å². The highest BCUT2D eigenvalue weighted by Gasteiger charge is 2.24. The van der Waals surface area contributed by atoms with Gasteiger partial charge in [0.1, 0.15) is 11.4 Å². The number of carbonyl (C=O) groups is 2. The van der Waals surface area contributed by atoms with Crippen LogP contribution < -0.4 is 16.1 Å². The number of pyridine rings is 1. The first-order chi connectivity index (χ1) is 16.3. The molecule has 1 aromatic carbocycles. The molecule has 2 fully saturated rings. The van der Waals surface area contributed by atoms with E-state index in [1.54, 1.807) is 19.2 Å². The predicted molar refractivity (Wildman–Crippen MR) is 130 cm³/mol. The zero-order chi connectivity index (χ0) is 24.2. The molecule has 2 saturated carbocycles. The third kappa shape index (κ3) is 5.42. The van der Waals surface area contributed by atoms with E-state index in [9.17, 15) is 14.4 Å². The second kappa shape index (κ2) is 10.6. The number of anilines is 1. The molecule has 3 N–H and O–H groups in total. The molecule has 1 aromatic heterocycles. The maximum atomic E-state index is 15.1. The lowest BCUT2D eigenvalue weighted by Crippen LogP contribution is -2.36. The molecule has 0 unspecified atom stereocenters. The summed E-state index contributed by atoms with van der Waals surface area (Å²) >= 11 is 0. The largest absolute Gasteiger partial charge is 0.481 e. The molecule has 0 aliphatic heterocycles. The highest BCUT2D eigenvalue weighted by atomic mass is 19.1. The normalized spacial score (nSPS) is 18.2. The van der Waals surface area contributed by atoms with Crippen LogP contribution >= 0.6 is 0 Å². The maximum absolute atomic E-state index is 15.1. The number of carbonyl (C=O) groups excluding carboxylic acids is 1. The molecule has 34 heavy (non-hydrogen) atoms. The van der Waals surface area contributed by atoms with Crippen molar-refractivity contribution in [1.29, 1.82) is 0 Å². The van der Waals surface area contributed by atoms with E-state index in [0.29, 0.717) is 11.2 Å². The number of nitrogens with zero attached hydrogens (tertiary/aromatic N) is 1. The van der Waals surface area contributed by atoms with Gasteiger partial charge in [-0.15, -0.1) is 0 Å². The van der Waals surface area contributed by atoms with Crippen LogP contribution in [0.3, 0.4) is 0 Å². The maximum Gasteiger partial charge on any atom is 0.303 e. The molecule has 1 atom stereocenters. The minimum absolute atomic E-state index is 0.0334. The van der Waals surface area contributed by atoms with Gasteiger partial charge < -0.3 is 20.3 Å². The van der Waals surface area contributed by atoms with E-state index in [2.05, 4.69) is 10.6 Å². The number of halogens is 1. The van der Waals surface area contributed by atoms with Gasteiger partial charge in [-0.1, -0.05) is 32.1 Å². The lowest BCUT2D eigenvalue weighted by atomic mass is 9.95. The molecule has 7 nitrogen and oxygen atoms in total. The van der Waals surface area contributed by atoms with E-state index in [1.807, 2.05) is 4.57 Å². The number of fused-ring (bicyclic) bond motifs is 1. The number of carboxylic acids is 1. The quantitative estimate of drug-likeness (QED) is 0.504. The van der Waals surface area contributed by atoms with Crippen molar-refractivity contribution in [3.8, 4) is 0 Å². The monoisotopic (exact) mass is 471 g/mol. The number of hydrogen-bond donors (Lipinski definition) is 3. The van der Waals surface area contributed by atoms with Crippen molar-refractivity contribution in [1.82, 2.24) is 9.88 Å². The van der Waals surface area contributed by atoms with Gasteiger partial charge in [0.2, 0.25) is 5.43 Å². The average Bonchev–Trinajstić information content (AvgIpc) is 3.34. The van der Waals surface area contributed by atoms with E-state index in [0.717, 1.165) is 51.4 Å². The number of aliphatic carboxylic acids is 1. The lowest BCUT2D eigenvalue weighted by Gasteiger charge is -2.25. The van der Waals surface area contributed by atoms with Crippen LogP contribution in [-0.2, 0) is 4.79 Å². The molecule has 0 saturated heterocycles. The Morgan fingerprint density at radius 1 is 1.12 bits per heavy atom. The molecule has 0 spiro atoms. The van der Waals surface area contributed by atoms with Crippen LogP contribution in [0.15, 0.2) is 23.1 Å². The van der Waals surface area contributed by atoms with Crippen molar-refractivity contribution < 1.29 is 19.1 Å². The van der Waals surface area contributed by atoms with Crippen molar-refractivity contribution in [2.24, 2.45) is 0 Å². The van der Waals surface area contributed by atoms with Crippen molar-refractivity contribution >= 4 is 28.5 Å². The predicted octanol–water partition coefficient (Wildman–Crippen LogP) is 4.98. The van der Waals surface area contributed by atoms with Gasteiger partial charge in [0.05, 0.1) is 11.2 Å². The average molecular weight is 472 g/mol. The Kier molecular flexibility index (Phi) is 7.54. The minimum Gasteiger partial charge on any atom is -0.481 e. The van der Waals surface area contributed by atoms with Crippen molar-refractivity contribution in [3.05, 3.63) is 39.9 Å². The standard InChI is InChI=1S/C26H34FN3O4/c1-16(11-12-24(31)32)28-26(34)20-15-30(18-9-5-6-10-18)23-14-22(21(27)13-19(23)25(20)33)29-17-7-3-2-4-8-17/h13-18,29H,2-12H2,1H3,(H,28,34)(H,31,32)/t16-/m0/s1. The minimum atomic E-state index is -0.941. The highest BCUT2D eigenvalue weighted by Crippen LogP contribution is 2.34. The molecule has 2 aliphatic rings. The van der Waals surface area contributed by atoms with Gasteiger partial charge in [-0.2, -0.15) is 0 Å². The second-order valence-corrected chi connectivity index (χ2v) is 9.85. The van der Waals surface area contributed by atoms with Gasteiger partial charge in [-0.05, 0) is 51.2 Å². The number of nitrogens with one attached hydrogen (secondary N) is 2. The summed E-state index contributed by atoms with van der Waals surface area (Å²) in [7, 11) is 0. The Morgan fingerprint density at radius 2 is 1.79 bits per heavy atom. The summed E-state index contributed by atoms with van der Waals surface area (Å²) in [5, 5.41) is 15.2. The third-order valence-electron chi connectivity index (χ3n) is 7.22. The molecule has 8 heteroatoms. The zero-order valence-electron chi connectivity index (χ0n) is 19.7. The Bertz CT molecular complexity index is 1120. The van der Waals surface area contributed by atoms with Crippen LogP contribution in [0.25, 0.3) is 10.9 Å². The van der Waals surface area contributed by atoms with Gasteiger partial charge in [0.25, 0.3) is 5.91 Å². The lowest BCUT2D eigenvalue weighted by molar-refractivity contribution is -0.137. The number of aromatic nitrogens is 1. The first-order valence-corrected chi connectivity index (χ1v) is 12.5. The fraction of sp³-hybridized carbons (Fsp3) is 0.577. The van der Waals surface area contributed by atoms with Gasteiger partial charge in [-0.25, -0.2) is 4.39 Å². The summed E-state index contributed by atoms with van der Waals surface area (Å²) in [6, 6.07) is 2.96. The highest BCUT2D eigenvalue weighted by molar-refractivity contribution is 5.98. The van der Waals surface area contributed by atoms with E-state index in [4.69, 9.17) is 5.11 Å². The fourth-order valence-corrected chi connectivity index (χ4v) is 5.31. The molecule has 0 radical (unpaired) electrons. The third-order valence-corrected chi connectivity index (χ3v) is 7.22. The summed E-state index contributed by atoms with van der Waals surface area (Å²) in [4.78, 5) is 37.1. The molecule has 0 bridgehead atoms. The first kappa shape index (κ1) is 24.2. The van der Waals surface area contributed by atoms with Crippen LogP contribution in [0.2, 0.25) is 0 Å². The number of carboxylic acid groups (broad SMARTS) is 1. The second-order valence-electron chi connectivity index (χ2n) is 9.85. The fourth-order valence-electron chi connectivity index (χ4n) is 5.31. The molecule has 184 valence electrons. The summed E-state index contributed by atoms with van der Waals surface area (Å²) in [5.74, 6) is -1.98. The number of hydrogen-bond acceptors (Lipinski definition) is 4. The van der Waals surface area contributed by atoms with E-state index in [1.165, 1.54) is 12.5 Å². The summed E-state index contributed by atoms with van der Waals surface area (Å²) < 4.78 is 17.1. The van der Waals surface area contributed by atoms with Crippen LogP contribution in [0.5, 0.6) is 0 Å². The Balaban J connectivity index is 1.71. The Hall–Kier alpha value is -2.90. The van der Waals surface area contributed by atoms with Gasteiger partial charge in [-0.3, -0.25) is 14.4 Å². The van der Waals surface area contributed by atoms with Gasteiger partial charge in [0, 0.05) is 36.1 Å². The van der Waals surface area contributed by atoms with E-state index >= 15 is 4.39 Å². The topological polar surface area (TPSA) is 100 Å².